The first-order valence-electron chi connectivity index (χ1n) is 12.6. The highest BCUT2D eigenvalue weighted by Crippen LogP contribution is 2.35. The lowest BCUT2D eigenvalue weighted by Gasteiger charge is -2.29. The maximum absolute atomic E-state index is 12.8. The summed E-state index contributed by atoms with van der Waals surface area (Å²) < 4.78 is 11.8. The normalized spacial score (nSPS) is 16.1. The molecule has 2 aromatic heterocycles. The fourth-order valence-electron chi connectivity index (χ4n) is 5.01. The molecule has 8 heteroatoms. The van der Waals surface area contributed by atoms with E-state index in [-0.39, 0.29) is 5.91 Å². The molecule has 8 nitrogen and oxygen atoms in total. The number of hydrogen-bond donors (Lipinski definition) is 1. The molecule has 0 atom stereocenters. The summed E-state index contributed by atoms with van der Waals surface area (Å²) in [6, 6.07) is 19.7. The number of morpholine rings is 1. The Morgan fingerprint density at radius 1 is 0.946 bits per heavy atom. The number of carbonyl (C=O) groups is 1. The molecule has 2 saturated heterocycles. The average molecular weight is 494 g/mol. The number of nitrogens with zero attached hydrogens (tertiary/aromatic N) is 4. The Morgan fingerprint density at radius 3 is 2.46 bits per heavy atom. The van der Waals surface area contributed by atoms with Crippen LogP contribution < -0.4 is 10.2 Å². The standard InChI is InChI=1S/C29H27N5O3/c30-19-23-17-22(5-6-26(23)33-13-15-36-16-14-33)24-7-8-32-25-18-27(37-28(24)25)20-1-3-21(4-2-20)29(35)34-11-9-31-10-12-34/h1-8,17-18,31H,9-16H2. The molecule has 0 bridgehead atoms. The summed E-state index contributed by atoms with van der Waals surface area (Å²) in [6.45, 7) is 5.96. The van der Waals surface area contributed by atoms with Crippen LogP contribution in [0.15, 0.2) is 65.2 Å². The van der Waals surface area contributed by atoms with E-state index in [0.717, 1.165) is 67.2 Å². The van der Waals surface area contributed by atoms with E-state index in [2.05, 4.69) is 21.3 Å². The molecular formula is C29H27N5O3. The van der Waals surface area contributed by atoms with Crippen LogP contribution in [0.25, 0.3) is 33.6 Å². The molecule has 0 unspecified atom stereocenters. The lowest BCUT2D eigenvalue weighted by Crippen LogP contribution is -2.46. The van der Waals surface area contributed by atoms with E-state index in [4.69, 9.17) is 9.15 Å². The molecule has 4 heterocycles. The smallest absolute Gasteiger partial charge is 0.253 e. The van der Waals surface area contributed by atoms with Crippen LogP contribution in [0.1, 0.15) is 15.9 Å². The highest BCUT2D eigenvalue weighted by molar-refractivity contribution is 5.95. The Hall–Kier alpha value is -4.19. The van der Waals surface area contributed by atoms with Gasteiger partial charge in [0.25, 0.3) is 5.91 Å². The van der Waals surface area contributed by atoms with Gasteiger partial charge in [-0.3, -0.25) is 9.78 Å². The van der Waals surface area contributed by atoms with Crippen LogP contribution in [-0.2, 0) is 4.74 Å². The van der Waals surface area contributed by atoms with Gasteiger partial charge in [0.1, 0.15) is 17.3 Å². The number of pyridine rings is 1. The third-order valence-electron chi connectivity index (χ3n) is 7.01. The van der Waals surface area contributed by atoms with Crippen LogP contribution in [-0.4, -0.2) is 68.3 Å². The number of benzene rings is 2. The largest absolute Gasteiger partial charge is 0.454 e. The predicted octanol–water partition coefficient (Wildman–Crippen LogP) is 3.92. The van der Waals surface area contributed by atoms with Crippen LogP contribution in [0, 0.1) is 11.3 Å². The van der Waals surface area contributed by atoms with Gasteiger partial charge in [-0.1, -0.05) is 18.2 Å². The van der Waals surface area contributed by atoms with Crippen LogP contribution in [0.5, 0.6) is 0 Å². The molecule has 2 fully saturated rings. The number of rotatable bonds is 4. The zero-order chi connectivity index (χ0) is 25.2. The topological polar surface area (TPSA) is 94.6 Å². The molecule has 6 rings (SSSR count). The van der Waals surface area contributed by atoms with Crippen molar-refractivity contribution in [1.82, 2.24) is 15.2 Å². The van der Waals surface area contributed by atoms with Crippen LogP contribution in [0.3, 0.4) is 0 Å². The molecule has 0 radical (unpaired) electrons. The van der Waals surface area contributed by atoms with Gasteiger partial charge in [0.2, 0.25) is 0 Å². The number of nitriles is 1. The van der Waals surface area contributed by atoms with E-state index >= 15 is 0 Å². The highest BCUT2D eigenvalue weighted by Gasteiger charge is 2.20. The van der Waals surface area contributed by atoms with Gasteiger partial charge in [0.05, 0.1) is 24.5 Å². The zero-order valence-electron chi connectivity index (χ0n) is 20.4. The first-order valence-corrected chi connectivity index (χ1v) is 12.6. The second-order valence-corrected chi connectivity index (χ2v) is 9.25. The third-order valence-corrected chi connectivity index (χ3v) is 7.01. The minimum atomic E-state index is 0.0513. The van der Waals surface area contributed by atoms with Crippen molar-refractivity contribution < 1.29 is 13.9 Å². The van der Waals surface area contributed by atoms with Crippen LogP contribution >= 0.6 is 0 Å². The fourth-order valence-corrected chi connectivity index (χ4v) is 5.01. The van der Waals surface area contributed by atoms with E-state index in [9.17, 15) is 10.1 Å². The number of carbonyl (C=O) groups excluding carboxylic acids is 1. The maximum atomic E-state index is 12.8. The molecule has 1 N–H and O–H groups in total. The first kappa shape index (κ1) is 23.2. The molecule has 0 spiro atoms. The number of piperazine rings is 1. The van der Waals surface area contributed by atoms with E-state index < -0.39 is 0 Å². The zero-order valence-corrected chi connectivity index (χ0v) is 20.4. The summed E-state index contributed by atoms with van der Waals surface area (Å²) in [5.74, 6) is 0.733. The SMILES string of the molecule is N#Cc1cc(-c2ccnc3cc(-c4ccc(C(=O)N5CCNCC5)cc4)oc23)ccc1N1CCOCC1. The van der Waals surface area contributed by atoms with E-state index in [0.29, 0.717) is 35.7 Å². The van der Waals surface area contributed by atoms with Crippen molar-refractivity contribution >= 4 is 22.7 Å². The van der Waals surface area contributed by atoms with E-state index in [1.54, 1.807) is 6.20 Å². The van der Waals surface area contributed by atoms with Crippen molar-refractivity contribution in [3.63, 3.8) is 0 Å². The van der Waals surface area contributed by atoms with Crippen molar-refractivity contribution in [2.24, 2.45) is 0 Å². The number of amides is 1. The molecular weight excluding hydrogens is 466 g/mol. The number of furan rings is 1. The Bertz CT molecular complexity index is 1480. The Kier molecular flexibility index (Phi) is 6.31. The first-order chi connectivity index (χ1) is 18.2. The van der Waals surface area contributed by atoms with Gasteiger partial charge < -0.3 is 24.3 Å². The average Bonchev–Trinajstić information content (AvgIpc) is 3.42. The van der Waals surface area contributed by atoms with E-state index in [1.165, 1.54) is 0 Å². The Morgan fingerprint density at radius 2 is 1.70 bits per heavy atom. The molecule has 1 amide bonds. The maximum Gasteiger partial charge on any atom is 0.253 e. The van der Waals surface area contributed by atoms with E-state index in [1.807, 2.05) is 59.5 Å². The summed E-state index contributed by atoms with van der Waals surface area (Å²) in [5.41, 5.74) is 6.29. The molecule has 2 aliphatic heterocycles. The van der Waals surface area contributed by atoms with Gasteiger partial charge in [-0.2, -0.15) is 5.26 Å². The van der Waals surface area contributed by atoms with Crippen molar-refractivity contribution in [3.05, 3.63) is 71.9 Å². The minimum Gasteiger partial charge on any atom is -0.454 e. The second kappa shape index (κ2) is 10.1. The van der Waals surface area contributed by atoms with Crippen molar-refractivity contribution in [3.8, 4) is 28.5 Å². The third kappa shape index (κ3) is 4.55. The number of hydrogen-bond acceptors (Lipinski definition) is 7. The highest BCUT2D eigenvalue weighted by atomic mass is 16.5. The monoisotopic (exact) mass is 493 g/mol. The van der Waals surface area contributed by atoms with Crippen molar-refractivity contribution in [1.29, 1.82) is 5.26 Å². The molecule has 186 valence electrons. The number of nitrogens with one attached hydrogen (secondary N) is 1. The number of anilines is 1. The Labute approximate surface area is 215 Å². The lowest BCUT2D eigenvalue weighted by molar-refractivity contribution is 0.0736. The fraction of sp³-hybridized carbons (Fsp3) is 0.276. The lowest BCUT2D eigenvalue weighted by atomic mass is 10.0. The van der Waals surface area contributed by atoms with Gasteiger partial charge in [-0.15, -0.1) is 0 Å². The Balaban J connectivity index is 1.30. The van der Waals surface area contributed by atoms with Gasteiger partial charge in [0.15, 0.2) is 5.58 Å². The summed E-state index contributed by atoms with van der Waals surface area (Å²) in [6.07, 6.45) is 1.76. The van der Waals surface area contributed by atoms with Crippen LogP contribution in [0.2, 0.25) is 0 Å². The molecule has 2 aromatic carbocycles. The summed E-state index contributed by atoms with van der Waals surface area (Å²) >= 11 is 0. The quantitative estimate of drug-likeness (QED) is 0.461. The van der Waals surface area contributed by atoms with Crippen molar-refractivity contribution in [2.75, 3.05) is 57.4 Å². The molecule has 2 aliphatic rings. The molecule has 0 aliphatic carbocycles. The molecule has 4 aromatic rings. The predicted molar refractivity (Wildman–Crippen MR) is 141 cm³/mol. The van der Waals surface area contributed by atoms with Gasteiger partial charge in [-0.25, -0.2) is 0 Å². The molecule has 37 heavy (non-hydrogen) atoms. The van der Waals surface area contributed by atoms with Gasteiger partial charge in [0, 0.05) is 68.2 Å². The van der Waals surface area contributed by atoms with Gasteiger partial charge >= 0.3 is 0 Å². The number of aromatic nitrogens is 1. The summed E-state index contributed by atoms with van der Waals surface area (Å²) in [5, 5.41) is 13.1. The van der Waals surface area contributed by atoms with Crippen molar-refractivity contribution in [2.45, 2.75) is 0 Å². The summed E-state index contributed by atoms with van der Waals surface area (Å²) in [4.78, 5) is 21.4. The van der Waals surface area contributed by atoms with Gasteiger partial charge in [-0.05, 0) is 35.9 Å². The number of fused-ring (bicyclic) bond motifs is 1. The summed E-state index contributed by atoms with van der Waals surface area (Å²) in [7, 11) is 0. The van der Waals surface area contributed by atoms with Crippen LogP contribution in [0.4, 0.5) is 5.69 Å². The molecule has 0 saturated carbocycles. The second-order valence-electron chi connectivity index (χ2n) is 9.25. The minimum absolute atomic E-state index is 0.0513. The number of ether oxygens (including phenoxy) is 1.